The molecule has 0 saturated heterocycles. The molecule has 0 atom stereocenters. The summed E-state index contributed by atoms with van der Waals surface area (Å²) < 4.78 is 38.9. The third-order valence-electron chi connectivity index (χ3n) is 4.90. The van der Waals surface area contributed by atoms with Crippen LogP contribution in [0.15, 0.2) is 82.8 Å². The van der Waals surface area contributed by atoms with E-state index in [1.54, 1.807) is 54.6 Å². The smallest absolute Gasteiger partial charge is 0.264 e. The van der Waals surface area contributed by atoms with E-state index in [2.05, 4.69) is 10.5 Å². The lowest BCUT2D eigenvalue weighted by Crippen LogP contribution is -2.39. The van der Waals surface area contributed by atoms with Crippen molar-refractivity contribution in [2.75, 3.05) is 24.1 Å². The number of sulfonamides is 1. The quantitative estimate of drug-likeness (QED) is 0.427. The predicted molar refractivity (Wildman–Crippen MR) is 125 cm³/mol. The lowest BCUT2D eigenvalue weighted by atomic mass is 10.2. The van der Waals surface area contributed by atoms with Crippen molar-refractivity contribution in [3.05, 3.63) is 83.9 Å². The van der Waals surface area contributed by atoms with Crippen LogP contribution < -0.4 is 19.2 Å². The molecule has 0 unspecified atom stereocenters. The molecule has 0 bridgehead atoms. The molecule has 4 rings (SSSR count). The van der Waals surface area contributed by atoms with Gasteiger partial charge in [0.05, 0.1) is 16.8 Å². The summed E-state index contributed by atoms with van der Waals surface area (Å²) in [5, 5.41) is 3.99. The molecule has 33 heavy (non-hydrogen) atoms. The van der Waals surface area contributed by atoms with Crippen LogP contribution in [0.3, 0.4) is 0 Å². The van der Waals surface area contributed by atoms with Gasteiger partial charge in [-0.3, -0.25) is 9.10 Å². The minimum absolute atomic E-state index is 0.0934. The van der Waals surface area contributed by atoms with Gasteiger partial charge in [-0.25, -0.2) is 13.8 Å². The highest BCUT2D eigenvalue weighted by Gasteiger charge is 2.27. The third-order valence-corrected chi connectivity index (χ3v) is 6.69. The minimum Gasteiger partial charge on any atom is -0.486 e. The van der Waals surface area contributed by atoms with Gasteiger partial charge in [-0.15, -0.1) is 0 Å². The van der Waals surface area contributed by atoms with Crippen molar-refractivity contribution in [2.24, 2.45) is 5.10 Å². The normalized spacial score (nSPS) is 13.0. The summed E-state index contributed by atoms with van der Waals surface area (Å²) in [4.78, 5) is 12.8. The monoisotopic (exact) mass is 465 g/mol. The molecule has 3 aromatic carbocycles. The number of carbonyl (C=O) groups excluding carboxylic acids is 1. The fraction of sp³-hybridized carbons (Fsp3) is 0.167. The minimum atomic E-state index is -3.97. The molecular formula is C24H23N3O5S. The van der Waals surface area contributed by atoms with Crippen LogP contribution >= 0.6 is 0 Å². The molecule has 1 heterocycles. The number of hydrogen-bond acceptors (Lipinski definition) is 6. The van der Waals surface area contributed by atoms with E-state index in [4.69, 9.17) is 9.47 Å². The number of nitrogens with zero attached hydrogens (tertiary/aromatic N) is 2. The molecule has 9 heteroatoms. The zero-order valence-corrected chi connectivity index (χ0v) is 18.8. The molecule has 1 amide bonds. The van der Waals surface area contributed by atoms with Gasteiger partial charge in [-0.2, -0.15) is 5.10 Å². The second-order valence-corrected chi connectivity index (χ2v) is 9.19. The maximum absolute atomic E-state index is 13.3. The van der Waals surface area contributed by atoms with E-state index in [-0.39, 0.29) is 4.90 Å². The Kier molecular flexibility index (Phi) is 6.60. The molecule has 0 aliphatic carbocycles. The highest BCUT2D eigenvalue weighted by atomic mass is 32.2. The zero-order chi connectivity index (χ0) is 23.3. The molecule has 1 aliphatic rings. The maximum Gasteiger partial charge on any atom is 0.264 e. The van der Waals surface area contributed by atoms with Crippen LogP contribution in [0.5, 0.6) is 11.5 Å². The highest BCUT2D eigenvalue weighted by Crippen LogP contribution is 2.32. The molecule has 1 N–H and O–H groups in total. The molecular weight excluding hydrogens is 442 g/mol. The number of aryl methyl sites for hydroxylation is 1. The number of rotatable bonds is 7. The van der Waals surface area contributed by atoms with Gasteiger partial charge in [0.1, 0.15) is 19.8 Å². The molecule has 0 spiro atoms. The van der Waals surface area contributed by atoms with Crippen LogP contribution in [0, 0.1) is 6.92 Å². The number of benzene rings is 3. The first-order chi connectivity index (χ1) is 15.9. The number of hydrogen-bond donors (Lipinski definition) is 1. The van der Waals surface area contributed by atoms with Crippen molar-refractivity contribution in [2.45, 2.75) is 11.8 Å². The van der Waals surface area contributed by atoms with Gasteiger partial charge < -0.3 is 9.47 Å². The number of fused-ring (bicyclic) bond motifs is 1. The van der Waals surface area contributed by atoms with Gasteiger partial charge in [-0.1, -0.05) is 36.4 Å². The molecule has 0 radical (unpaired) electrons. The SMILES string of the molecule is Cc1cccc(N(CC(=O)N/N=C\c2cccc3c2OCCO3)S(=O)(=O)c2ccccc2)c1. The number of ether oxygens (including phenoxy) is 2. The van der Waals surface area contributed by atoms with Crippen LogP contribution in [0.25, 0.3) is 0 Å². The van der Waals surface area contributed by atoms with Gasteiger partial charge in [0.15, 0.2) is 11.5 Å². The Hall–Kier alpha value is -3.85. The third kappa shape index (κ3) is 5.15. The highest BCUT2D eigenvalue weighted by molar-refractivity contribution is 7.92. The number of para-hydroxylation sites is 1. The van der Waals surface area contributed by atoms with E-state index < -0.39 is 22.5 Å². The van der Waals surface area contributed by atoms with Crippen molar-refractivity contribution in [1.82, 2.24) is 5.43 Å². The summed E-state index contributed by atoms with van der Waals surface area (Å²) >= 11 is 0. The molecule has 0 saturated carbocycles. The van der Waals surface area contributed by atoms with E-state index in [0.717, 1.165) is 9.87 Å². The van der Waals surface area contributed by atoms with Crippen LogP contribution in [0.1, 0.15) is 11.1 Å². The second kappa shape index (κ2) is 9.74. The first-order valence-corrected chi connectivity index (χ1v) is 11.7. The molecule has 1 aliphatic heterocycles. The van der Waals surface area contributed by atoms with E-state index in [1.807, 2.05) is 13.0 Å². The van der Waals surface area contributed by atoms with Crippen molar-refractivity contribution >= 4 is 27.8 Å². The number of nitrogens with one attached hydrogen (secondary N) is 1. The average molecular weight is 466 g/mol. The lowest BCUT2D eigenvalue weighted by Gasteiger charge is -2.24. The number of hydrazone groups is 1. The molecule has 8 nitrogen and oxygen atoms in total. The maximum atomic E-state index is 13.3. The topological polar surface area (TPSA) is 97.3 Å². The summed E-state index contributed by atoms with van der Waals surface area (Å²) in [7, 11) is -3.97. The van der Waals surface area contributed by atoms with Crippen molar-refractivity contribution in [3.8, 4) is 11.5 Å². The van der Waals surface area contributed by atoms with Crippen LogP contribution in [-0.2, 0) is 14.8 Å². The first kappa shape index (κ1) is 22.3. The lowest BCUT2D eigenvalue weighted by molar-refractivity contribution is -0.119. The fourth-order valence-corrected chi connectivity index (χ4v) is 4.79. The standard InChI is InChI=1S/C24H23N3O5S/c1-18-7-5-9-20(15-18)27(33(29,30)21-10-3-2-4-11-21)17-23(28)26-25-16-19-8-6-12-22-24(19)32-14-13-31-22/h2-12,15-16H,13-14,17H2,1H3,(H,26,28)/b25-16-. The van der Waals surface area contributed by atoms with Gasteiger partial charge in [-0.05, 0) is 48.9 Å². The van der Waals surface area contributed by atoms with E-state index in [1.165, 1.54) is 18.3 Å². The largest absolute Gasteiger partial charge is 0.486 e. The van der Waals surface area contributed by atoms with Crippen molar-refractivity contribution in [1.29, 1.82) is 0 Å². The number of amides is 1. The summed E-state index contributed by atoms with van der Waals surface area (Å²) in [6.45, 7) is 2.31. The Morgan fingerprint density at radius 1 is 1.03 bits per heavy atom. The van der Waals surface area contributed by atoms with Crippen LogP contribution in [-0.4, -0.2) is 40.3 Å². The van der Waals surface area contributed by atoms with Crippen molar-refractivity contribution < 1.29 is 22.7 Å². The van der Waals surface area contributed by atoms with Crippen LogP contribution in [0.4, 0.5) is 5.69 Å². The van der Waals surface area contributed by atoms with E-state index in [0.29, 0.717) is 36.0 Å². The van der Waals surface area contributed by atoms with E-state index in [9.17, 15) is 13.2 Å². The summed E-state index contributed by atoms with van der Waals surface area (Å²) in [5.74, 6) is 0.570. The Bertz CT molecular complexity index is 1280. The number of anilines is 1. The van der Waals surface area contributed by atoms with Gasteiger partial charge >= 0.3 is 0 Å². The van der Waals surface area contributed by atoms with Crippen LogP contribution in [0.2, 0.25) is 0 Å². The molecule has 3 aromatic rings. The van der Waals surface area contributed by atoms with Gasteiger partial charge in [0.2, 0.25) is 0 Å². The summed E-state index contributed by atoms with van der Waals surface area (Å²) in [6, 6.07) is 20.3. The average Bonchev–Trinajstić information content (AvgIpc) is 2.83. The Morgan fingerprint density at radius 3 is 2.58 bits per heavy atom. The summed E-state index contributed by atoms with van der Waals surface area (Å²) in [6.07, 6.45) is 1.44. The molecule has 0 fully saturated rings. The van der Waals surface area contributed by atoms with Gasteiger partial charge in [0, 0.05) is 5.56 Å². The Morgan fingerprint density at radius 2 is 1.79 bits per heavy atom. The van der Waals surface area contributed by atoms with Gasteiger partial charge in [0.25, 0.3) is 15.9 Å². The zero-order valence-electron chi connectivity index (χ0n) is 18.0. The predicted octanol–water partition coefficient (Wildman–Crippen LogP) is 3.11. The first-order valence-electron chi connectivity index (χ1n) is 10.3. The fourth-order valence-electron chi connectivity index (χ4n) is 3.36. The summed E-state index contributed by atoms with van der Waals surface area (Å²) in [5.41, 5.74) is 4.30. The Balaban J connectivity index is 1.54. The number of carbonyl (C=O) groups is 1. The second-order valence-electron chi connectivity index (χ2n) is 7.33. The Labute approximate surface area is 192 Å². The van der Waals surface area contributed by atoms with E-state index >= 15 is 0 Å². The van der Waals surface area contributed by atoms with Crippen molar-refractivity contribution in [3.63, 3.8) is 0 Å². The molecule has 170 valence electrons. The molecule has 0 aromatic heterocycles.